The van der Waals surface area contributed by atoms with Gasteiger partial charge in [0.25, 0.3) is 5.91 Å². The molecule has 0 aromatic heterocycles. The van der Waals surface area contributed by atoms with Gasteiger partial charge in [-0.2, -0.15) is 13.2 Å². The van der Waals surface area contributed by atoms with E-state index in [1.54, 1.807) is 12.1 Å². The molecule has 6 nitrogen and oxygen atoms in total. The topological polar surface area (TPSA) is 67.9 Å². The molecular formula is C23H20F6N2O4. The number of ether oxygens (including phenoxy) is 1. The Hall–Kier alpha value is -3.28. The van der Waals surface area contributed by atoms with Crippen molar-refractivity contribution in [3.05, 3.63) is 59.7 Å². The van der Waals surface area contributed by atoms with Crippen LogP contribution in [-0.2, 0) is 9.63 Å². The first-order valence-corrected chi connectivity index (χ1v) is 10.7. The summed E-state index contributed by atoms with van der Waals surface area (Å²) in [5, 5.41) is 3.55. The molecule has 1 amide bonds. The van der Waals surface area contributed by atoms with Gasteiger partial charge in [-0.05, 0) is 73.7 Å². The number of rotatable bonds is 7. The summed E-state index contributed by atoms with van der Waals surface area (Å²) < 4.78 is 79.4. The van der Waals surface area contributed by atoms with Gasteiger partial charge in [0.05, 0.1) is 5.69 Å². The highest BCUT2D eigenvalue weighted by Gasteiger charge is 2.44. The number of carbonyl (C=O) groups is 2. The van der Waals surface area contributed by atoms with Crippen molar-refractivity contribution in [1.29, 1.82) is 0 Å². The first-order valence-electron chi connectivity index (χ1n) is 10.7. The van der Waals surface area contributed by atoms with Crippen LogP contribution >= 0.6 is 0 Å². The smallest absolute Gasteiger partial charge is 0.406 e. The number of hydrogen-bond acceptors (Lipinski definition) is 5. The van der Waals surface area contributed by atoms with Crippen molar-refractivity contribution in [1.82, 2.24) is 5.32 Å². The maximum Gasteiger partial charge on any atom is 0.573 e. The minimum atomic E-state index is -5.41. The van der Waals surface area contributed by atoms with Crippen molar-refractivity contribution in [3.63, 3.8) is 0 Å². The summed E-state index contributed by atoms with van der Waals surface area (Å²) in [7, 11) is 0. The van der Waals surface area contributed by atoms with Gasteiger partial charge >= 0.3 is 18.5 Å². The van der Waals surface area contributed by atoms with E-state index >= 15 is 0 Å². The van der Waals surface area contributed by atoms with Crippen LogP contribution in [0.4, 0.5) is 32.0 Å². The molecule has 2 aliphatic carbocycles. The van der Waals surface area contributed by atoms with Crippen molar-refractivity contribution < 1.29 is 45.5 Å². The van der Waals surface area contributed by atoms with Crippen LogP contribution in [0.25, 0.3) is 0 Å². The number of halogens is 6. The SMILES string of the molecule is O=C(c1cccc(C2CC2NCC2CC2)c1)N(OC(=O)C(F)(F)F)c1ccc(OC(F)(F)F)cc1. The summed E-state index contributed by atoms with van der Waals surface area (Å²) in [6.07, 6.45) is -7.16. The number of alkyl halides is 6. The number of amides is 1. The third kappa shape index (κ3) is 6.65. The van der Waals surface area contributed by atoms with E-state index in [9.17, 15) is 35.9 Å². The number of nitrogens with zero attached hydrogens (tertiary/aromatic N) is 1. The Balaban J connectivity index is 1.54. The molecule has 2 aliphatic rings. The zero-order valence-electron chi connectivity index (χ0n) is 18.0. The number of hydrogen-bond donors (Lipinski definition) is 1. The van der Waals surface area contributed by atoms with Crippen molar-refractivity contribution in [3.8, 4) is 5.75 Å². The number of benzene rings is 2. The maximum absolute atomic E-state index is 13.1. The van der Waals surface area contributed by atoms with E-state index in [1.165, 1.54) is 25.0 Å². The van der Waals surface area contributed by atoms with Gasteiger partial charge in [0.2, 0.25) is 0 Å². The second kappa shape index (κ2) is 9.40. The molecule has 2 aromatic rings. The molecular weight excluding hydrogens is 482 g/mol. The lowest BCUT2D eigenvalue weighted by molar-refractivity contribution is -0.274. The molecule has 0 bridgehead atoms. The Morgan fingerprint density at radius 3 is 2.29 bits per heavy atom. The quantitative estimate of drug-likeness (QED) is 0.421. The average Bonchev–Trinajstić information content (AvgIpc) is 3.69. The van der Waals surface area contributed by atoms with Gasteiger partial charge in [-0.25, -0.2) is 4.79 Å². The van der Waals surface area contributed by atoms with E-state index in [0.29, 0.717) is 5.92 Å². The van der Waals surface area contributed by atoms with Gasteiger partial charge in [-0.3, -0.25) is 4.79 Å². The van der Waals surface area contributed by atoms with Crippen LogP contribution in [-0.4, -0.2) is 37.0 Å². The summed E-state index contributed by atoms with van der Waals surface area (Å²) in [5.41, 5.74) is 0.337. The monoisotopic (exact) mass is 502 g/mol. The van der Waals surface area contributed by atoms with E-state index < -0.39 is 35.9 Å². The fourth-order valence-corrected chi connectivity index (χ4v) is 3.58. The van der Waals surface area contributed by atoms with Gasteiger partial charge < -0.3 is 14.9 Å². The Bertz CT molecular complexity index is 1080. The minimum absolute atomic E-state index is 0.0547. The minimum Gasteiger partial charge on any atom is -0.406 e. The Kier molecular flexibility index (Phi) is 6.67. The highest BCUT2D eigenvalue weighted by molar-refractivity contribution is 6.06. The standard InChI is InChI=1S/C23H20F6N2O4/c24-22(25,26)21(33)35-31(16-6-8-17(9-7-16)34-23(27,28)29)20(32)15-3-1-2-14(10-15)18-11-19(18)30-12-13-4-5-13/h1-3,6-10,13,18-19,30H,4-5,11-12H2. The van der Waals surface area contributed by atoms with E-state index in [-0.39, 0.29) is 22.6 Å². The van der Waals surface area contributed by atoms with Crippen LogP contribution in [0.3, 0.4) is 0 Å². The molecule has 2 unspecified atom stereocenters. The van der Waals surface area contributed by atoms with Crippen LogP contribution in [0.1, 0.15) is 41.1 Å². The Morgan fingerprint density at radius 2 is 1.69 bits per heavy atom. The number of carbonyl (C=O) groups excluding carboxylic acids is 2. The molecule has 1 N–H and O–H groups in total. The lowest BCUT2D eigenvalue weighted by Crippen LogP contribution is -2.38. The van der Waals surface area contributed by atoms with E-state index in [4.69, 9.17) is 0 Å². The van der Waals surface area contributed by atoms with Gasteiger partial charge in [0.1, 0.15) is 5.75 Å². The molecule has 0 aliphatic heterocycles. The lowest BCUT2D eigenvalue weighted by Gasteiger charge is -2.22. The van der Waals surface area contributed by atoms with Crippen molar-refractivity contribution >= 4 is 17.6 Å². The molecule has 2 aromatic carbocycles. The average molecular weight is 502 g/mol. The van der Waals surface area contributed by atoms with Crippen LogP contribution in [0, 0.1) is 5.92 Å². The lowest BCUT2D eigenvalue weighted by atomic mass is 10.1. The fourth-order valence-electron chi connectivity index (χ4n) is 3.58. The number of nitrogens with one attached hydrogen (secondary N) is 1. The van der Waals surface area contributed by atoms with Crippen molar-refractivity contribution in [2.75, 3.05) is 11.6 Å². The van der Waals surface area contributed by atoms with Crippen molar-refractivity contribution in [2.45, 2.75) is 43.8 Å². The molecule has 2 saturated carbocycles. The third-order valence-electron chi connectivity index (χ3n) is 5.61. The van der Waals surface area contributed by atoms with E-state index in [0.717, 1.165) is 42.8 Å². The second-order valence-electron chi connectivity index (χ2n) is 8.44. The first kappa shape index (κ1) is 24.8. The highest BCUT2D eigenvalue weighted by atomic mass is 19.4. The van der Waals surface area contributed by atoms with Gasteiger partial charge in [-0.15, -0.1) is 18.2 Å². The highest BCUT2D eigenvalue weighted by Crippen LogP contribution is 2.42. The van der Waals surface area contributed by atoms with Gasteiger partial charge in [0.15, 0.2) is 0 Å². The maximum atomic E-state index is 13.1. The molecule has 2 atom stereocenters. The number of anilines is 1. The normalized spacial score (nSPS) is 19.7. The first-order chi connectivity index (χ1) is 16.4. The molecule has 0 heterocycles. The molecule has 188 valence electrons. The van der Waals surface area contributed by atoms with Gasteiger partial charge in [0, 0.05) is 17.5 Å². The van der Waals surface area contributed by atoms with Crippen LogP contribution < -0.4 is 15.1 Å². The zero-order valence-corrected chi connectivity index (χ0v) is 18.0. The van der Waals surface area contributed by atoms with Crippen molar-refractivity contribution in [2.24, 2.45) is 5.92 Å². The molecule has 0 saturated heterocycles. The largest absolute Gasteiger partial charge is 0.573 e. The Morgan fingerprint density at radius 1 is 1.00 bits per heavy atom. The predicted molar refractivity (Wildman–Crippen MR) is 110 cm³/mol. The summed E-state index contributed by atoms with van der Waals surface area (Å²) in [6.45, 7) is 0.912. The summed E-state index contributed by atoms with van der Waals surface area (Å²) in [4.78, 5) is 28.9. The Labute approximate surface area is 195 Å². The predicted octanol–water partition coefficient (Wildman–Crippen LogP) is 5.11. The third-order valence-corrected chi connectivity index (χ3v) is 5.61. The zero-order chi connectivity index (χ0) is 25.4. The van der Waals surface area contributed by atoms with Gasteiger partial charge in [-0.1, -0.05) is 12.1 Å². The van der Waals surface area contributed by atoms with Crippen LogP contribution in [0.2, 0.25) is 0 Å². The van der Waals surface area contributed by atoms with Crippen LogP contribution in [0.15, 0.2) is 48.5 Å². The fraction of sp³-hybridized carbons (Fsp3) is 0.391. The molecule has 2 fully saturated rings. The summed E-state index contributed by atoms with van der Waals surface area (Å²) >= 11 is 0. The molecule has 0 radical (unpaired) electrons. The molecule has 4 rings (SSSR count). The summed E-state index contributed by atoms with van der Waals surface area (Å²) in [6, 6.07) is 9.72. The molecule has 12 heteroatoms. The van der Waals surface area contributed by atoms with E-state index in [2.05, 4.69) is 14.9 Å². The molecule has 35 heavy (non-hydrogen) atoms. The molecule has 0 spiro atoms. The summed E-state index contributed by atoms with van der Waals surface area (Å²) in [5.74, 6) is -3.61. The van der Waals surface area contributed by atoms with Crippen LogP contribution in [0.5, 0.6) is 5.75 Å². The van der Waals surface area contributed by atoms with E-state index in [1.807, 2.05) is 0 Å². The number of hydroxylamine groups is 1. The second-order valence-corrected chi connectivity index (χ2v) is 8.44.